The van der Waals surface area contributed by atoms with Gasteiger partial charge in [0.2, 0.25) is 0 Å². The molecule has 2 aromatic carbocycles. The molecular weight excluding hydrogens is 422 g/mol. The van der Waals surface area contributed by atoms with E-state index in [4.69, 9.17) is 21.1 Å². The van der Waals surface area contributed by atoms with Crippen LogP contribution < -0.4 is 14.8 Å². The molecular formula is C22H18ClN3O3S. The summed E-state index contributed by atoms with van der Waals surface area (Å²) in [5.41, 5.74) is 2.36. The van der Waals surface area contributed by atoms with E-state index in [1.165, 1.54) is 25.6 Å². The number of benzene rings is 2. The van der Waals surface area contributed by atoms with Crippen molar-refractivity contribution in [3.05, 3.63) is 76.8 Å². The average Bonchev–Trinajstić information content (AvgIpc) is 3.45. The van der Waals surface area contributed by atoms with Crippen LogP contribution in [0.25, 0.3) is 16.3 Å². The molecule has 30 heavy (non-hydrogen) atoms. The highest BCUT2D eigenvalue weighted by Crippen LogP contribution is 2.36. The minimum atomic E-state index is -0.316. The lowest BCUT2D eigenvalue weighted by Gasteiger charge is -2.13. The molecule has 0 spiro atoms. The molecule has 0 aliphatic carbocycles. The van der Waals surface area contributed by atoms with Crippen molar-refractivity contribution in [1.82, 2.24) is 9.78 Å². The van der Waals surface area contributed by atoms with Crippen LogP contribution in [0.15, 0.2) is 66.2 Å². The number of amides is 1. The number of ether oxygens (including phenoxy) is 2. The fourth-order valence-corrected chi connectivity index (χ4v) is 3.95. The number of nitrogens with zero attached hydrogens (tertiary/aromatic N) is 2. The minimum Gasteiger partial charge on any atom is -0.495 e. The third-order valence-corrected chi connectivity index (χ3v) is 5.63. The maximum absolute atomic E-state index is 13.2. The Morgan fingerprint density at radius 3 is 2.50 bits per heavy atom. The number of thiophene rings is 1. The molecule has 2 aromatic heterocycles. The highest BCUT2D eigenvalue weighted by atomic mass is 35.5. The molecule has 152 valence electrons. The van der Waals surface area contributed by atoms with Gasteiger partial charge in [-0.3, -0.25) is 4.79 Å². The smallest absolute Gasteiger partial charge is 0.259 e. The molecule has 0 atom stereocenters. The molecule has 8 heteroatoms. The Hall–Kier alpha value is -3.29. The zero-order chi connectivity index (χ0) is 21.1. The van der Waals surface area contributed by atoms with Gasteiger partial charge in [-0.05, 0) is 23.6 Å². The van der Waals surface area contributed by atoms with Crippen LogP contribution in [0.1, 0.15) is 10.4 Å². The van der Waals surface area contributed by atoms with Crippen LogP contribution in [0, 0.1) is 0 Å². The van der Waals surface area contributed by atoms with Gasteiger partial charge >= 0.3 is 0 Å². The summed E-state index contributed by atoms with van der Waals surface area (Å²) >= 11 is 7.69. The maximum atomic E-state index is 13.2. The molecule has 4 rings (SSSR count). The molecule has 2 heterocycles. The largest absolute Gasteiger partial charge is 0.495 e. The summed E-state index contributed by atoms with van der Waals surface area (Å²) in [6, 6.07) is 16.7. The lowest BCUT2D eigenvalue weighted by Crippen LogP contribution is -2.13. The van der Waals surface area contributed by atoms with Gasteiger partial charge in [0.15, 0.2) is 0 Å². The van der Waals surface area contributed by atoms with E-state index in [-0.39, 0.29) is 5.91 Å². The highest BCUT2D eigenvalue weighted by Gasteiger charge is 2.21. The van der Waals surface area contributed by atoms with E-state index >= 15 is 0 Å². The van der Waals surface area contributed by atoms with E-state index in [1.54, 1.807) is 23.0 Å². The van der Waals surface area contributed by atoms with Gasteiger partial charge in [0.25, 0.3) is 5.91 Å². The normalized spacial score (nSPS) is 10.6. The average molecular weight is 440 g/mol. The zero-order valence-electron chi connectivity index (χ0n) is 16.3. The summed E-state index contributed by atoms with van der Waals surface area (Å²) in [7, 11) is 3.02. The molecule has 1 amide bonds. The summed E-state index contributed by atoms with van der Waals surface area (Å²) < 4.78 is 12.3. The Bertz CT molecular complexity index is 1170. The highest BCUT2D eigenvalue weighted by molar-refractivity contribution is 7.13. The van der Waals surface area contributed by atoms with Crippen LogP contribution in [0.2, 0.25) is 5.02 Å². The molecule has 0 saturated heterocycles. The van der Waals surface area contributed by atoms with Gasteiger partial charge in [-0.15, -0.1) is 11.3 Å². The van der Waals surface area contributed by atoms with Crippen LogP contribution in [0.5, 0.6) is 11.5 Å². The van der Waals surface area contributed by atoms with Crippen molar-refractivity contribution < 1.29 is 14.3 Å². The first-order valence-corrected chi connectivity index (χ1v) is 10.3. The van der Waals surface area contributed by atoms with E-state index in [0.717, 1.165) is 10.6 Å². The van der Waals surface area contributed by atoms with Crippen LogP contribution in [0.3, 0.4) is 0 Å². The second kappa shape index (κ2) is 8.61. The molecule has 0 unspecified atom stereocenters. The number of nitrogens with one attached hydrogen (secondary N) is 1. The van der Waals surface area contributed by atoms with Gasteiger partial charge in [-0.2, -0.15) is 5.10 Å². The lowest BCUT2D eigenvalue weighted by atomic mass is 10.2. The molecule has 0 bridgehead atoms. The van der Waals surface area contributed by atoms with Crippen molar-refractivity contribution in [1.29, 1.82) is 0 Å². The minimum absolute atomic E-state index is 0.316. The SMILES string of the molecule is COc1cc(NC(=O)c2cn(-c3ccccc3)nc2-c2cccs2)c(OC)cc1Cl. The number of hydrogen-bond donors (Lipinski definition) is 1. The summed E-state index contributed by atoms with van der Waals surface area (Å²) in [4.78, 5) is 14.1. The van der Waals surface area contributed by atoms with Crippen LogP contribution >= 0.6 is 22.9 Å². The van der Waals surface area contributed by atoms with Crippen molar-refractivity contribution in [2.24, 2.45) is 0 Å². The quantitative estimate of drug-likeness (QED) is 0.429. The Morgan fingerprint density at radius 1 is 1.07 bits per heavy atom. The molecule has 1 N–H and O–H groups in total. The molecule has 0 aliphatic heterocycles. The Kier molecular flexibility index (Phi) is 5.74. The first kappa shape index (κ1) is 20.0. The predicted octanol–water partition coefficient (Wildman–Crippen LogP) is 5.52. The summed E-state index contributed by atoms with van der Waals surface area (Å²) in [6.07, 6.45) is 1.72. The number of carbonyl (C=O) groups is 1. The van der Waals surface area contributed by atoms with Crippen LogP contribution in [-0.4, -0.2) is 29.9 Å². The van der Waals surface area contributed by atoms with E-state index < -0.39 is 0 Å². The Balaban J connectivity index is 1.75. The third-order valence-electron chi connectivity index (χ3n) is 4.46. The van der Waals surface area contributed by atoms with Gasteiger partial charge in [0.1, 0.15) is 17.2 Å². The fourth-order valence-electron chi connectivity index (χ4n) is 3.00. The van der Waals surface area contributed by atoms with Gasteiger partial charge in [0.05, 0.1) is 41.1 Å². The monoisotopic (exact) mass is 439 g/mol. The molecule has 0 saturated carbocycles. The fraction of sp³-hybridized carbons (Fsp3) is 0.0909. The summed E-state index contributed by atoms with van der Waals surface area (Å²) in [5.74, 6) is 0.553. The first-order chi connectivity index (χ1) is 14.6. The van der Waals surface area contributed by atoms with Gasteiger partial charge in [-0.1, -0.05) is 35.9 Å². The van der Waals surface area contributed by atoms with E-state index in [2.05, 4.69) is 10.4 Å². The van der Waals surface area contributed by atoms with Crippen molar-refractivity contribution in [2.75, 3.05) is 19.5 Å². The van der Waals surface area contributed by atoms with Gasteiger partial charge in [-0.25, -0.2) is 4.68 Å². The second-order valence-electron chi connectivity index (χ2n) is 6.29. The van der Waals surface area contributed by atoms with Gasteiger partial charge < -0.3 is 14.8 Å². The number of rotatable bonds is 6. The first-order valence-electron chi connectivity index (χ1n) is 9.02. The Labute approximate surface area is 182 Å². The molecule has 0 radical (unpaired) electrons. The van der Waals surface area contributed by atoms with Crippen LogP contribution in [-0.2, 0) is 0 Å². The number of anilines is 1. The number of carbonyl (C=O) groups excluding carboxylic acids is 1. The van der Waals surface area contributed by atoms with Crippen molar-refractivity contribution >= 4 is 34.5 Å². The van der Waals surface area contributed by atoms with Crippen molar-refractivity contribution in [2.45, 2.75) is 0 Å². The van der Waals surface area contributed by atoms with E-state index in [0.29, 0.717) is 33.5 Å². The number of methoxy groups -OCH3 is 2. The number of aromatic nitrogens is 2. The summed E-state index contributed by atoms with van der Waals surface area (Å²) in [6.45, 7) is 0. The lowest BCUT2D eigenvalue weighted by molar-refractivity contribution is 0.102. The van der Waals surface area contributed by atoms with E-state index in [1.807, 2.05) is 47.8 Å². The van der Waals surface area contributed by atoms with Crippen molar-refractivity contribution in [3.63, 3.8) is 0 Å². The van der Waals surface area contributed by atoms with Crippen molar-refractivity contribution in [3.8, 4) is 27.8 Å². The second-order valence-corrected chi connectivity index (χ2v) is 7.64. The van der Waals surface area contributed by atoms with Gasteiger partial charge in [0, 0.05) is 18.3 Å². The molecule has 4 aromatic rings. The molecule has 0 aliphatic rings. The zero-order valence-corrected chi connectivity index (χ0v) is 17.8. The number of para-hydroxylation sites is 1. The number of halogens is 1. The summed E-state index contributed by atoms with van der Waals surface area (Å²) in [5, 5.41) is 9.90. The standard InChI is InChI=1S/C22H18ClN3O3S/c1-28-18-12-17(19(29-2)11-16(18)23)24-22(27)15-13-26(14-7-4-3-5-8-14)25-21(15)20-9-6-10-30-20/h3-13H,1-2H3,(H,24,27). The number of hydrogen-bond acceptors (Lipinski definition) is 5. The van der Waals surface area contributed by atoms with Crippen LogP contribution in [0.4, 0.5) is 5.69 Å². The maximum Gasteiger partial charge on any atom is 0.259 e. The topological polar surface area (TPSA) is 65.4 Å². The van der Waals surface area contributed by atoms with E-state index in [9.17, 15) is 4.79 Å². The Morgan fingerprint density at radius 2 is 1.83 bits per heavy atom. The third kappa shape index (κ3) is 3.90. The predicted molar refractivity (Wildman–Crippen MR) is 119 cm³/mol. The molecule has 0 fully saturated rings. The molecule has 6 nitrogen and oxygen atoms in total.